The van der Waals surface area contributed by atoms with Crippen LogP contribution in [0.25, 0.3) is 0 Å². The molecule has 0 spiro atoms. The molecule has 0 bridgehead atoms. The maximum atomic E-state index is 12.1. The van der Waals surface area contributed by atoms with Crippen molar-refractivity contribution >= 4 is 5.91 Å². The van der Waals surface area contributed by atoms with Gasteiger partial charge in [-0.05, 0) is 36.5 Å². The summed E-state index contributed by atoms with van der Waals surface area (Å²) in [6, 6.07) is 18.3. The molecule has 0 unspecified atom stereocenters. The molecule has 0 aromatic heterocycles. The van der Waals surface area contributed by atoms with Gasteiger partial charge >= 0.3 is 0 Å². The molecule has 0 aliphatic rings. The Bertz CT molecular complexity index is 620. The third-order valence-corrected chi connectivity index (χ3v) is 3.96. The van der Waals surface area contributed by atoms with Crippen LogP contribution in [0.1, 0.15) is 49.8 Å². The van der Waals surface area contributed by atoms with E-state index in [9.17, 15) is 4.79 Å². The first kappa shape index (κ1) is 18.2. The van der Waals surface area contributed by atoms with E-state index >= 15 is 0 Å². The molecule has 128 valence electrons. The van der Waals surface area contributed by atoms with E-state index in [1.54, 1.807) is 0 Å². The van der Waals surface area contributed by atoms with Crippen LogP contribution in [-0.2, 0) is 22.7 Å². The van der Waals surface area contributed by atoms with Gasteiger partial charge in [-0.3, -0.25) is 4.79 Å². The van der Waals surface area contributed by atoms with Crippen molar-refractivity contribution in [1.82, 2.24) is 5.32 Å². The van der Waals surface area contributed by atoms with Gasteiger partial charge in [-0.1, -0.05) is 61.5 Å². The van der Waals surface area contributed by atoms with Gasteiger partial charge in [0.05, 0.1) is 12.7 Å². The van der Waals surface area contributed by atoms with Crippen LogP contribution >= 0.6 is 0 Å². The van der Waals surface area contributed by atoms with Crippen LogP contribution in [0.4, 0.5) is 0 Å². The molecule has 2 aromatic rings. The summed E-state index contributed by atoms with van der Waals surface area (Å²) in [7, 11) is 0. The second-order valence-corrected chi connectivity index (χ2v) is 6.47. The lowest BCUT2D eigenvalue weighted by Crippen LogP contribution is -2.24. The van der Waals surface area contributed by atoms with Gasteiger partial charge in [0.2, 0.25) is 5.91 Å². The number of carbonyl (C=O) groups excluding carboxylic acids is 1. The SMILES string of the molecule is CC(C)OCc1ccc(CNC(=O)C[C@H](C)c2ccccc2)cc1. The van der Waals surface area contributed by atoms with Gasteiger partial charge < -0.3 is 10.1 Å². The fraction of sp³-hybridized carbons (Fsp3) is 0.381. The van der Waals surface area contributed by atoms with E-state index in [1.165, 1.54) is 5.56 Å². The number of hydrogen-bond donors (Lipinski definition) is 1. The number of amides is 1. The lowest BCUT2D eigenvalue weighted by molar-refractivity contribution is -0.121. The summed E-state index contributed by atoms with van der Waals surface area (Å²) in [6.45, 7) is 7.32. The van der Waals surface area contributed by atoms with Crippen molar-refractivity contribution < 1.29 is 9.53 Å². The normalized spacial score (nSPS) is 12.2. The molecule has 0 radical (unpaired) electrons. The topological polar surface area (TPSA) is 38.3 Å². The molecule has 0 saturated carbocycles. The molecule has 3 heteroatoms. The number of benzene rings is 2. The van der Waals surface area contributed by atoms with Crippen LogP contribution in [0.15, 0.2) is 54.6 Å². The monoisotopic (exact) mass is 325 g/mol. The van der Waals surface area contributed by atoms with E-state index in [2.05, 4.69) is 36.5 Å². The zero-order valence-electron chi connectivity index (χ0n) is 14.8. The van der Waals surface area contributed by atoms with Crippen molar-refractivity contribution in [2.24, 2.45) is 0 Å². The van der Waals surface area contributed by atoms with E-state index in [-0.39, 0.29) is 17.9 Å². The van der Waals surface area contributed by atoms with Crippen LogP contribution in [-0.4, -0.2) is 12.0 Å². The molecule has 1 amide bonds. The van der Waals surface area contributed by atoms with Crippen molar-refractivity contribution in [3.63, 3.8) is 0 Å². The summed E-state index contributed by atoms with van der Waals surface area (Å²) in [4.78, 5) is 12.1. The Morgan fingerprint density at radius 2 is 1.58 bits per heavy atom. The van der Waals surface area contributed by atoms with E-state index < -0.39 is 0 Å². The van der Waals surface area contributed by atoms with Crippen molar-refractivity contribution in [1.29, 1.82) is 0 Å². The predicted octanol–water partition coefficient (Wildman–Crippen LogP) is 4.42. The number of rotatable bonds is 8. The quantitative estimate of drug-likeness (QED) is 0.780. The van der Waals surface area contributed by atoms with Crippen molar-refractivity contribution in [3.8, 4) is 0 Å². The minimum atomic E-state index is 0.0820. The zero-order valence-corrected chi connectivity index (χ0v) is 14.8. The number of ether oxygens (including phenoxy) is 1. The first-order valence-corrected chi connectivity index (χ1v) is 8.55. The van der Waals surface area contributed by atoms with Crippen molar-refractivity contribution in [3.05, 3.63) is 71.3 Å². The molecule has 2 rings (SSSR count). The van der Waals surface area contributed by atoms with E-state index in [0.717, 1.165) is 11.1 Å². The highest BCUT2D eigenvalue weighted by molar-refractivity contribution is 5.76. The summed E-state index contributed by atoms with van der Waals surface area (Å²) in [5.41, 5.74) is 3.45. The Hall–Kier alpha value is -2.13. The average Bonchev–Trinajstić information content (AvgIpc) is 2.59. The molecule has 0 saturated heterocycles. The molecule has 1 atom stereocenters. The highest BCUT2D eigenvalue weighted by Gasteiger charge is 2.10. The standard InChI is InChI=1S/C21H27NO2/c1-16(2)24-15-19-11-9-18(10-12-19)14-22-21(23)13-17(3)20-7-5-4-6-8-20/h4-12,16-17H,13-15H2,1-3H3,(H,22,23)/t17-/m0/s1. The minimum Gasteiger partial charge on any atom is -0.374 e. The van der Waals surface area contributed by atoms with Crippen molar-refractivity contribution in [2.45, 2.75) is 52.4 Å². The molecule has 0 aliphatic carbocycles. The largest absolute Gasteiger partial charge is 0.374 e. The molecule has 1 N–H and O–H groups in total. The van der Waals surface area contributed by atoms with Gasteiger partial charge in [-0.25, -0.2) is 0 Å². The molecular formula is C21H27NO2. The Morgan fingerprint density at radius 1 is 0.958 bits per heavy atom. The van der Waals surface area contributed by atoms with E-state index in [1.807, 2.05) is 44.2 Å². The van der Waals surface area contributed by atoms with Gasteiger partial charge in [0.1, 0.15) is 0 Å². The van der Waals surface area contributed by atoms with Gasteiger partial charge in [0, 0.05) is 13.0 Å². The summed E-state index contributed by atoms with van der Waals surface area (Å²) >= 11 is 0. The van der Waals surface area contributed by atoms with Gasteiger partial charge in [-0.15, -0.1) is 0 Å². The summed E-state index contributed by atoms with van der Waals surface area (Å²) < 4.78 is 5.58. The second-order valence-electron chi connectivity index (χ2n) is 6.47. The maximum Gasteiger partial charge on any atom is 0.220 e. The van der Waals surface area contributed by atoms with Gasteiger partial charge in [0.25, 0.3) is 0 Å². The molecular weight excluding hydrogens is 298 g/mol. The van der Waals surface area contributed by atoms with E-state index in [4.69, 9.17) is 4.74 Å². The van der Waals surface area contributed by atoms with E-state index in [0.29, 0.717) is 19.6 Å². The maximum absolute atomic E-state index is 12.1. The van der Waals surface area contributed by atoms with Gasteiger partial charge in [-0.2, -0.15) is 0 Å². The molecule has 0 aliphatic heterocycles. The highest BCUT2D eigenvalue weighted by atomic mass is 16.5. The number of nitrogens with one attached hydrogen (secondary N) is 1. The fourth-order valence-corrected chi connectivity index (χ4v) is 2.47. The third-order valence-electron chi connectivity index (χ3n) is 3.96. The average molecular weight is 325 g/mol. The highest BCUT2D eigenvalue weighted by Crippen LogP contribution is 2.18. The number of carbonyl (C=O) groups is 1. The molecule has 0 heterocycles. The van der Waals surface area contributed by atoms with Crippen LogP contribution in [0.3, 0.4) is 0 Å². The first-order chi connectivity index (χ1) is 11.5. The lowest BCUT2D eigenvalue weighted by Gasteiger charge is -2.12. The Morgan fingerprint density at radius 3 is 2.21 bits per heavy atom. The third kappa shape index (κ3) is 6.17. The van der Waals surface area contributed by atoms with Crippen LogP contribution in [0.2, 0.25) is 0 Å². The molecule has 2 aromatic carbocycles. The predicted molar refractivity (Wildman–Crippen MR) is 97.7 cm³/mol. The number of hydrogen-bond acceptors (Lipinski definition) is 2. The second kappa shape index (κ2) is 9.24. The summed E-state index contributed by atoms with van der Waals surface area (Å²) in [5.74, 6) is 0.306. The fourth-order valence-electron chi connectivity index (χ4n) is 2.47. The Kier molecular flexibility index (Phi) is 7.01. The Balaban J connectivity index is 1.77. The molecule has 0 fully saturated rings. The molecule has 24 heavy (non-hydrogen) atoms. The minimum absolute atomic E-state index is 0.0820. The van der Waals surface area contributed by atoms with Gasteiger partial charge in [0.15, 0.2) is 0 Å². The summed E-state index contributed by atoms with van der Waals surface area (Å²) in [6.07, 6.45) is 0.736. The smallest absolute Gasteiger partial charge is 0.220 e. The van der Waals surface area contributed by atoms with Crippen LogP contribution < -0.4 is 5.32 Å². The molecule has 3 nitrogen and oxygen atoms in total. The first-order valence-electron chi connectivity index (χ1n) is 8.55. The van der Waals surface area contributed by atoms with Crippen molar-refractivity contribution in [2.75, 3.05) is 0 Å². The lowest BCUT2D eigenvalue weighted by atomic mass is 9.97. The summed E-state index contributed by atoms with van der Waals surface area (Å²) in [5, 5.41) is 3.00. The van der Waals surface area contributed by atoms with Crippen LogP contribution in [0.5, 0.6) is 0 Å². The van der Waals surface area contributed by atoms with Crippen LogP contribution in [0, 0.1) is 0 Å². The zero-order chi connectivity index (χ0) is 17.4. The Labute approximate surface area is 145 Å².